The highest BCUT2D eigenvalue weighted by atomic mass is 16.3. The number of rotatable bonds is 2. The van der Waals surface area contributed by atoms with E-state index < -0.39 is 6.10 Å². The van der Waals surface area contributed by atoms with E-state index in [1.807, 2.05) is 24.3 Å². The fourth-order valence-corrected chi connectivity index (χ4v) is 1.64. The largest absolute Gasteiger partial charge is 0.387 e. The van der Waals surface area contributed by atoms with E-state index in [0.717, 1.165) is 17.2 Å². The molecule has 72 valence electrons. The topological polar surface area (TPSA) is 53.1 Å². The van der Waals surface area contributed by atoms with Crippen molar-refractivity contribution in [3.8, 4) is 0 Å². The van der Waals surface area contributed by atoms with Crippen molar-refractivity contribution in [2.24, 2.45) is 0 Å². The van der Waals surface area contributed by atoms with Crippen LogP contribution in [0.5, 0.6) is 0 Å². The maximum absolute atomic E-state index is 10.9. The van der Waals surface area contributed by atoms with Crippen LogP contribution >= 0.6 is 0 Å². The van der Waals surface area contributed by atoms with Crippen LogP contribution in [0.2, 0.25) is 0 Å². The molecule has 0 aliphatic carbocycles. The van der Waals surface area contributed by atoms with Gasteiger partial charge in [-0.2, -0.15) is 0 Å². The second kappa shape index (κ2) is 3.27. The molecule has 0 aliphatic heterocycles. The summed E-state index contributed by atoms with van der Waals surface area (Å²) in [5.74, 6) is 0. The number of carbonyl (C=O) groups is 1. The molecule has 0 spiro atoms. The van der Waals surface area contributed by atoms with Gasteiger partial charge < -0.3 is 10.1 Å². The maximum atomic E-state index is 10.9. The molecule has 2 aromatic rings. The number of aldehydes is 1. The smallest absolute Gasteiger partial charge is 0.152 e. The summed E-state index contributed by atoms with van der Waals surface area (Å²) in [6.45, 7) is 1.64. The third kappa shape index (κ3) is 1.22. The van der Waals surface area contributed by atoms with Crippen LogP contribution in [-0.4, -0.2) is 16.4 Å². The molecule has 1 aromatic heterocycles. The first kappa shape index (κ1) is 8.97. The Labute approximate surface area is 81.4 Å². The zero-order valence-corrected chi connectivity index (χ0v) is 7.82. The lowest BCUT2D eigenvalue weighted by molar-refractivity contribution is 0.111. The molecule has 1 heterocycles. The van der Waals surface area contributed by atoms with Gasteiger partial charge >= 0.3 is 0 Å². The summed E-state index contributed by atoms with van der Waals surface area (Å²) >= 11 is 0. The van der Waals surface area contributed by atoms with Crippen LogP contribution in [0, 0.1) is 0 Å². The highest BCUT2D eigenvalue weighted by molar-refractivity contribution is 5.98. The zero-order valence-electron chi connectivity index (χ0n) is 7.82. The molecule has 1 atom stereocenters. The number of carbonyl (C=O) groups excluding carboxylic acids is 1. The summed E-state index contributed by atoms with van der Waals surface area (Å²) in [7, 11) is 0. The number of aromatic nitrogens is 1. The van der Waals surface area contributed by atoms with Crippen molar-refractivity contribution in [2.45, 2.75) is 13.0 Å². The van der Waals surface area contributed by atoms with Crippen molar-refractivity contribution in [1.82, 2.24) is 4.98 Å². The summed E-state index contributed by atoms with van der Waals surface area (Å²) < 4.78 is 0. The first-order valence-corrected chi connectivity index (χ1v) is 4.48. The highest BCUT2D eigenvalue weighted by Crippen LogP contribution is 2.24. The van der Waals surface area contributed by atoms with Gasteiger partial charge in [-0.25, -0.2) is 0 Å². The molecule has 2 rings (SSSR count). The van der Waals surface area contributed by atoms with Gasteiger partial charge in [-0.1, -0.05) is 18.2 Å². The number of nitrogens with one attached hydrogen (secondary N) is 1. The Morgan fingerprint density at radius 1 is 1.43 bits per heavy atom. The van der Waals surface area contributed by atoms with Crippen molar-refractivity contribution >= 4 is 17.2 Å². The van der Waals surface area contributed by atoms with Gasteiger partial charge in [0.2, 0.25) is 0 Å². The van der Waals surface area contributed by atoms with E-state index >= 15 is 0 Å². The molecule has 1 aromatic carbocycles. The fourth-order valence-electron chi connectivity index (χ4n) is 1.64. The van der Waals surface area contributed by atoms with Crippen molar-refractivity contribution in [3.05, 3.63) is 35.5 Å². The third-order valence-corrected chi connectivity index (χ3v) is 2.31. The van der Waals surface area contributed by atoms with Gasteiger partial charge in [0.25, 0.3) is 0 Å². The Morgan fingerprint density at radius 3 is 2.79 bits per heavy atom. The summed E-state index contributed by atoms with van der Waals surface area (Å²) in [5, 5.41) is 10.3. The highest BCUT2D eigenvalue weighted by Gasteiger charge is 2.13. The average molecular weight is 189 g/mol. The van der Waals surface area contributed by atoms with Gasteiger partial charge in [0.15, 0.2) is 6.29 Å². The predicted octanol–water partition coefficient (Wildman–Crippen LogP) is 2.03. The standard InChI is InChI=1S/C11H11NO2/c1-7(14)11-9(6-13)8-4-2-3-5-10(8)12-11/h2-7,12,14H,1H3. The maximum Gasteiger partial charge on any atom is 0.152 e. The Hall–Kier alpha value is -1.61. The van der Waals surface area contributed by atoms with Crippen molar-refractivity contribution in [3.63, 3.8) is 0 Å². The SMILES string of the molecule is CC(O)c1[nH]c2ccccc2c1C=O. The van der Waals surface area contributed by atoms with E-state index in [1.54, 1.807) is 6.92 Å². The van der Waals surface area contributed by atoms with Crippen LogP contribution in [0.3, 0.4) is 0 Å². The van der Waals surface area contributed by atoms with E-state index in [4.69, 9.17) is 0 Å². The second-order valence-corrected chi connectivity index (χ2v) is 3.29. The molecule has 3 heteroatoms. The minimum Gasteiger partial charge on any atom is -0.387 e. The minimum absolute atomic E-state index is 0.551. The lowest BCUT2D eigenvalue weighted by Crippen LogP contribution is -1.95. The van der Waals surface area contributed by atoms with Gasteiger partial charge in [0.05, 0.1) is 11.8 Å². The van der Waals surface area contributed by atoms with Crippen LogP contribution in [0.25, 0.3) is 10.9 Å². The average Bonchev–Trinajstić information content (AvgIpc) is 2.56. The Morgan fingerprint density at radius 2 is 2.14 bits per heavy atom. The van der Waals surface area contributed by atoms with Crippen molar-refractivity contribution in [2.75, 3.05) is 0 Å². The van der Waals surface area contributed by atoms with Crippen LogP contribution < -0.4 is 0 Å². The summed E-state index contributed by atoms with van der Waals surface area (Å²) in [5.41, 5.74) is 2.02. The van der Waals surface area contributed by atoms with E-state index in [0.29, 0.717) is 11.3 Å². The summed E-state index contributed by atoms with van der Waals surface area (Å²) in [4.78, 5) is 13.9. The molecule has 1 unspecified atom stereocenters. The Balaban J connectivity index is 2.78. The Kier molecular flexibility index (Phi) is 2.09. The normalized spacial score (nSPS) is 13.0. The Bertz CT molecular complexity index is 471. The van der Waals surface area contributed by atoms with Crippen LogP contribution in [0.4, 0.5) is 0 Å². The van der Waals surface area contributed by atoms with Crippen LogP contribution in [0.1, 0.15) is 29.1 Å². The molecular weight excluding hydrogens is 178 g/mol. The number of hydrogen-bond donors (Lipinski definition) is 2. The minimum atomic E-state index is -0.650. The molecule has 0 saturated heterocycles. The predicted molar refractivity (Wildman–Crippen MR) is 54.3 cm³/mol. The summed E-state index contributed by atoms with van der Waals surface area (Å²) in [6, 6.07) is 7.50. The lowest BCUT2D eigenvalue weighted by Gasteiger charge is -2.00. The summed E-state index contributed by atoms with van der Waals surface area (Å²) in [6.07, 6.45) is 0.128. The number of benzene rings is 1. The molecule has 2 N–H and O–H groups in total. The van der Waals surface area contributed by atoms with Crippen LogP contribution in [0.15, 0.2) is 24.3 Å². The molecule has 0 radical (unpaired) electrons. The van der Waals surface area contributed by atoms with Gasteiger partial charge in [0, 0.05) is 16.5 Å². The lowest BCUT2D eigenvalue weighted by atomic mass is 10.1. The molecule has 0 amide bonds. The number of aliphatic hydroxyl groups excluding tert-OH is 1. The zero-order chi connectivity index (χ0) is 10.1. The number of aromatic amines is 1. The molecule has 0 aliphatic rings. The second-order valence-electron chi connectivity index (χ2n) is 3.29. The van der Waals surface area contributed by atoms with Crippen molar-refractivity contribution in [1.29, 1.82) is 0 Å². The van der Waals surface area contributed by atoms with Gasteiger partial charge in [-0.3, -0.25) is 4.79 Å². The van der Waals surface area contributed by atoms with Gasteiger partial charge in [-0.05, 0) is 13.0 Å². The number of hydrogen-bond acceptors (Lipinski definition) is 2. The van der Waals surface area contributed by atoms with E-state index in [2.05, 4.69) is 4.98 Å². The number of para-hydroxylation sites is 1. The molecule has 3 nitrogen and oxygen atoms in total. The van der Waals surface area contributed by atoms with Gasteiger partial charge in [0.1, 0.15) is 0 Å². The fraction of sp³-hybridized carbons (Fsp3) is 0.182. The third-order valence-electron chi connectivity index (χ3n) is 2.31. The van der Waals surface area contributed by atoms with E-state index in [1.165, 1.54) is 0 Å². The molecule has 14 heavy (non-hydrogen) atoms. The first-order chi connectivity index (χ1) is 6.74. The van der Waals surface area contributed by atoms with Crippen molar-refractivity contribution < 1.29 is 9.90 Å². The molecule has 0 fully saturated rings. The molecule has 0 bridgehead atoms. The first-order valence-electron chi connectivity index (χ1n) is 4.48. The molecule has 0 saturated carbocycles. The van der Waals surface area contributed by atoms with E-state index in [9.17, 15) is 9.90 Å². The van der Waals surface area contributed by atoms with E-state index in [-0.39, 0.29) is 0 Å². The van der Waals surface area contributed by atoms with Gasteiger partial charge in [-0.15, -0.1) is 0 Å². The quantitative estimate of drug-likeness (QED) is 0.710. The monoisotopic (exact) mass is 189 g/mol. The number of fused-ring (bicyclic) bond motifs is 1. The number of aliphatic hydroxyl groups is 1. The number of H-pyrrole nitrogens is 1. The molecular formula is C11H11NO2. The van der Waals surface area contributed by atoms with Crippen LogP contribution in [-0.2, 0) is 0 Å².